The molecule has 7 nitrogen and oxygen atoms in total. The topological polar surface area (TPSA) is 86.8 Å². The molecule has 0 fully saturated rings. The number of likely N-dealkylation sites (N-methyl/N-ethyl adjacent to an activating group) is 1. The fourth-order valence-electron chi connectivity index (χ4n) is 3.32. The highest BCUT2D eigenvalue weighted by Gasteiger charge is 2.30. The molecule has 0 aromatic heterocycles. The maximum atomic E-state index is 13.5. The molecule has 2 aromatic carbocycles. The molecule has 10 heteroatoms. The Kier molecular flexibility index (Phi) is 9.17. The van der Waals surface area contributed by atoms with Crippen LogP contribution in [0.5, 0.6) is 0 Å². The zero-order valence-electron chi connectivity index (χ0n) is 19.4. The zero-order valence-corrected chi connectivity index (χ0v) is 21.7. The number of sulfonamides is 1. The van der Waals surface area contributed by atoms with E-state index in [-0.39, 0.29) is 12.5 Å². The summed E-state index contributed by atoms with van der Waals surface area (Å²) < 4.78 is 26.4. The van der Waals surface area contributed by atoms with Gasteiger partial charge in [0.25, 0.3) is 0 Å². The van der Waals surface area contributed by atoms with Crippen molar-refractivity contribution in [3.8, 4) is 0 Å². The van der Waals surface area contributed by atoms with E-state index in [0.29, 0.717) is 33.4 Å². The van der Waals surface area contributed by atoms with Crippen LogP contribution in [0.3, 0.4) is 0 Å². The number of hydrogen-bond acceptors (Lipinski definition) is 4. The Hall–Kier alpha value is -2.29. The molecule has 0 aliphatic carbocycles. The number of amides is 2. The van der Waals surface area contributed by atoms with Gasteiger partial charge in [-0.25, -0.2) is 8.42 Å². The van der Waals surface area contributed by atoms with E-state index in [1.807, 2.05) is 13.0 Å². The van der Waals surface area contributed by atoms with Crippen molar-refractivity contribution < 1.29 is 18.0 Å². The molecular weight excluding hydrogens is 485 g/mol. The molecule has 0 heterocycles. The van der Waals surface area contributed by atoms with Gasteiger partial charge in [0.2, 0.25) is 21.8 Å². The second-order valence-electron chi connectivity index (χ2n) is 7.89. The second kappa shape index (κ2) is 11.2. The smallest absolute Gasteiger partial charge is 0.244 e. The summed E-state index contributed by atoms with van der Waals surface area (Å²) >= 11 is 12.3. The number of aryl methyl sites for hydroxylation is 2. The van der Waals surface area contributed by atoms with Gasteiger partial charge in [-0.3, -0.25) is 13.9 Å². The van der Waals surface area contributed by atoms with Crippen LogP contribution >= 0.6 is 23.2 Å². The second-order valence-corrected chi connectivity index (χ2v) is 10.6. The Morgan fingerprint density at radius 3 is 2.33 bits per heavy atom. The normalized spacial score (nSPS) is 12.2. The van der Waals surface area contributed by atoms with Gasteiger partial charge in [-0.15, -0.1) is 0 Å². The lowest BCUT2D eigenvalue weighted by molar-refractivity contribution is -0.139. The first-order valence-electron chi connectivity index (χ1n) is 10.4. The van der Waals surface area contributed by atoms with Crippen LogP contribution in [0.15, 0.2) is 36.4 Å². The van der Waals surface area contributed by atoms with Crippen molar-refractivity contribution in [2.45, 2.75) is 40.3 Å². The Morgan fingerprint density at radius 2 is 1.76 bits per heavy atom. The van der Waals surface area contributed by atoms with Crippen molar-refractivity contribution in [2.75, 3.05) is 23.7 Å². The van der Waals surface area contributed by atoms with E-state index >= 15 is 0 Å². The maximum Gasteiger partial charge on any atom is 0.244 e. The van der Waals surface area contributed by atoms with Gasteiger partial charge in [0.15, 0.2) is 0 Å². The predicted octanol–water partition coefficient (Wildman–Crippen LogP) is 3.93. The monoisotopic (exact) mass is 513 g/mol. The molecule has 2 aromatic rings. The molecule has 1 atom stereocenters. The lowest BCUT2D eigenvalue weighted by Crippen LogP contribution is -2.51. The van der Waals surface area contributed by atoms with Crippen molar-refractivity contribution in [1.82, 2.24) is 10.2 Å². The number of carbonyl (C=O) groups is 2. The first kappa shape index (κ1) is 27.0. The van der Waals surface area contributed by atoms with Gasteiger partial charge in [-0.1, -0.05) is 41.4 Å². The Morgan fingerprint density at radius 1 is 1.09 bits per heavy atom. The predicted molar refractivity (Wildman–Crippen MR) is 133 cm³/mol. The summed E-state index contributed by atoms with van der Waals surface area (Å²) in [5.41, 5.74) is 2.57. The largest absolute Gasteiger partial charge is 0.355 e. The molecule has 0 spiro atoms. The summed E-state index contributed by atoms with van der Waals surface area (Å²) in [6, 6.07) is 9.40. The van der Waals surface area contributed by atoms with E-state index in [9.17, 15) is 18.0 Å². The molecule has 0 unspecified atom stereocenters. The number of nitrogens with one attached hydrogen (secondary N) is 1. The Bertz CT molecular complexity index is 1140. The lowest BCUT2D eigenvalue weighted by Gasteiger charge is -2.32. The first-order chi connectivity index (χ1) is 15.3. The van der Waals surface area contributed by atoms with Crippen molar-refractivity contribution in [3.05, 3.63) is 63.1 Å². The van der Waals surface area contributed by atoms with Gasteiger partial charge in [0, 0.05) is 23.1 Å². The summed E-state index contributed by atoms with van der Waals surface area (Å²) in [4.78, 5) is 27.4. The molecule has 2 rings (SSSR count). The van der Waals surface area contributed by atoms with Gasteiger partial charge in [0.05, 0.1) is 11.9 Å². The van der Waals surface area contributed by atoms with Crippen LogP contribution in [0.25, 0.3) is 0 Å². The van der Waals surface area contributed by atoms with Gasteiger partial charge in [-0.2, -0.15) is 0 Å². The van der Waals surface area contributed by atoms with Crippen molar-refractivity contribution in [1.29, 1.82) is 0 Å². The van der Waals surface area contributed by atoms with Crippen molar-refractivity contribution >= 4 is 50.7 Å². The maximum absolute atomic E-state index is 13.5. The molecule has 0 radical (unpaired) electrons. The Balaban J connectivity index is 2.46. The van der Waals surface area contributed by atoms with Crippen LogP contribution in [-0.4, -0.2) is 50.5 Å². The minimum Gasteiger partial charge on any atom is -0.355 e. The molecule has 0 saturated heterocycles. The highest BCUT2D eigenvalue weighted by molar-refractivity contribution is 7.92. The van der Waals surface area contributed by atoms with E-state index in [2.05, 4.69) is 5.32 Å². The standard InChI is InChI=1S/C23H29Cl2N3O4S/c1-6-26-23(30)17(4)27(13-18-9-10-19(24)12-20(18)25)22(29)14-28(33(5,31)32)21-11-15(2)7-8-16(21)3/h7-12,17H,6,13-14H2,1-5H3,(H,26,30)/t17-/m0/s1. The Labute approximate surface area is 205 Å². The van der Waals surface area contributed by atoms with Gasteiger partial charge < -0.3 is 10.2 Å². The molecule has 0 bridgehead atoms. The third kappa shape index (κ3) is 7.09. The van der Waals surface area contributed by atoms with Crippen molar-refractivity contribution in [3.63, 3.8) is 0 Å². The van der Waals surface area contributed by atoms with Crippen LogP contribution in [0.2, 0.25) is 10.0 Å². The average molecular weight is 514 g/mol. The SMILES string of the molecule is CCNC(=O)[C@H](C)N(Cc1ccc(Cl)cc1Cl)C(=O)CN(c1cc(C)ccc1C)S(C)(=O)=O. The highest BCUT2D eigenvalue weighted by atomic mass is 35.5. The fourth-order valence-corrected chi connectivity index (χ4v) is 4.69. The third-order valence-corrected chi connectivity index (χ3v) is 6.90. The van der Waals surface area contributed by atoms with Crippen LogP contribution in [0.4, 0.5) is 5.69 Å². The minimum atomic E-state index is -3.79. The quantitative estimate of drug-likeness (QED) is 0.550. The highest BCUT2D eigenvalue weighted by Crippen LogP contribution is 2.26. The van der Waals surface area contributed by atoms with E-state index < -0.39 is 28.5 Å². The van der Waals surface area contributed by atoms with Gasteiger partial charge in [0.1, 0.15) is 12.6 Å². The number of nitrogens with zero attached hydrogens (tertiary/aromatic N) is 2. The minimum absolute atomic E-state index is 0.0114. The van der Waals surface area contributed by atoms with Gasteiger partial charge in [-0.05, 0) is 62.6 Å². The molecule has 2 amide bonds. The number of carbonyl (C=O) groups excluding carboxylic acids is 2. The van der Waals surface area contributed by atoms with E-state index in [1.54, 1.807) is 51.1 Å². The summed E-state index contributed by atoms with van der Waals surface area (Å²) in [7, 11) is -3.79. The van der Waals surface area contributed by atoms with E-state index in [4.69, 9.17) is 23.2 Å². The fraction of sp³-hybridized carbons (Fsp3) is 0.391. The number of hydrogen-bond donors (Lipinski definition) is 1. The summed E-state index contributed by atoms with van der Waals surface area (Å²) in [5, 5.41) is 3.49. The summed E-state index contributed by atoms with van der Waals surface area (Å²) in [6.45, 7) is 6.94. The molecule has 33 heavy (non-hydrogen) atoms. The van der Waals surface area contributed by atoms with Crippen molar-refractivity contribution in [2.24, 2.45) is 0 Å². The van der Waals surface area contributed by atoms with E-state index in [0.717, 1.165) is 16.1 Å². The number of halogens is 2. The van der Waals surface area contributed by atoms with Crippen LogP contribution in [0, 0.1) is 13.8 Å². The molecule has 0 aliphatic rings. The number of rotatable bonds is 9. The first-order valence-corrected chi connectivity index (χ1v) is 13.0. The zero-order chi connectivity index (χ0) is 24.9. The molecule has 1 N–H and O–H groups in total. The summed E-state index contributed by atoms with van der Waals surface area (Å²) in [5.74, 6) is -0.889. The lowest BCUT2D eigenvalue weighted by atomic mass is 10.1. The molecule has 0 aliphatic heterocycles. The van der Waals surface area contributed by atoms with Crippen LogP contribution in [0.1, 0.15) is 30.5 Å². The van der Waals surface area contributed by atoms with Crippen LogP contribution in [-0.2, 0) is 26.2 Å². The molecular formula is C23H29Cl2N3O4S. The summed E-state index contributed by atoms with van der Waals surface area (Å²) in [6.07, 6.45) is 1.05. The molecule has 0 saturated carbocycles. The van der Waals surface area contributed by atoms with Gasteiger partial charge >= 0.3 is 0 Å². The molecule has 180 valence electrons. The third-order valence-electron chi connectivity index (χ3n) is 5.19. The van der Waals surface area contributed by atoms with E-state index in [1.165, 1.54) is 4.90 Å². The average Bonchev–Trinajstić information content (AvgIpc) is 2.72. The van der Waals surface area contributed by atoms with Crippen LogP contribution < -0.4 is 9.62 Å². The number of benzene rings is 2. The number of anilines is 1.